The van der Waals surface area contributed by atoms with Crippen LogP contribution >= 0.6 is 0 Å². The Balaban J connectivity index is 2.34. The van der Waals surface area contributed by atoms with E-state index < -0.39 is 0 Å². The highest BCUT2D eigenvalue weighted by Crippen LogP contribution is 2.32. The lowest BCUT2D eigenvalue weighted by molar-refractivity contribution is 0.170. The van der Waals surface area contributed by atoms with Crippen molar-refractivity contribution >= 4 is 0 Å². The van der Waals surface area contributed by atoms with Gasteiger partial charge in [-0.3, -0.25) is 0 Å². The van der Waals surface area contributed by atoms with Crippen LogP contribution < -0.4 is 5.73 Å². The molecular weight excluding hydrogens is 150 g/mol. The molecule has 1 rings (SSSR count). The van der Waals surface area contributed by atoms with Gasteiger partial charge in [-0.25, -0.2) is 0 Å². The van der Waals surface area contributed by atoms with Crippen LogP contribution in [0.2, 0.25) is 0 Å². The average molecular weight is 171 g/mol. The summed E-state index contributed by atoms with van der Waals surface area (Å²) in [5, 5.41) is 8.92. The Bertz CT molecular complexity index is 125. The van der Waals surface area contributed by atoms with Crippen molar-refractivity contribution in [3.63, 3.8) is 0 Å². The van der Waals surface area contributed by atoms with Gasteiger partial charge in [0.15, 0.2) is 0 Å². The largest absolute Gasteiger partial charge is 0.395 e. The molecule has 0 amide bonds. The lowest BCUT2D eigenvalue weighted by Gasteiger charge is -2.31. The van der Waals surface area contributed by atoms with Crippen molar-refractivity contribution in [3.8, 4) is 0 Å². The smallest absolute Gasteiger partial charge is 0.0585 e. The number of aliphatic hydroxyl groups excluding tert-OH is 1. The predicted molar refractivity (Wildman–Crippen MR) is 50.8 cm³/mol. The van der Waals surface area contributed by atoms with Gasteiger partial charge in [-0.15, -0.1) is 0 Å². The van der Waals surface area contributed by atoms with Crippen molar-refractivity contribution in [3.05, 3.63) is 0 Å². The van der Waals surface area contributed by atoms with E-state index in [1.165, 1.54) is 32.1 Å². The number of hydrogen-bond acceptors (Lipinski definition) is 2. The summed E-state index contributed by atoms with van der Waals surface area (Å²) in [4.78, 5) is 0. The molecule has 1 fully saturated rings. The third-order valence-electron chi connectivity index (χ3n) is 3.22. The molecule has 1 aliphatic carbocycles. The summed E-state index contributed by atoms with van der Waals surface area (Å²) in [5.74, 6) is 1.44. The second-order valence-corrected chi connectivity index (χ2v) is 4.05. The number of aliphatic hydroxyl groups is 1. The normalized spacial score (nSPS) is 33.2. The zero-order valence-electron chi connectivity index (χ0n) is 8.00. The van der Waals surface area contributed by atoms with Crippen LogP contribution in [0.5, 0.6) is 0 Å². The van der Waals surface area contributed by atoms with Crippen LogP contribution in [-0.2, 0) is 0 Å². The van der Waals surface area contributed by atoms with E-state index in [1.807, 2.05) is 0 Å². The van der Waals surface area contributed by atoms with Crippen molar-refractivity contribution in [2.24, 2.45) is 17.6 Å². The molecule has 72 valence electrons. The monoisotopic (exact) mass is 171 g/mol. The van der Waals surface area contributed by atoms with E-state index in [9.17, 15) is 0 Å². The fourth-order valence-electron chi connectivity index (χ4n) is 2.24. The van der Waals surface area contributed by atoms with Gasteiger partial charge in [-0.05, 0) is 24.7 Å². The van der Waals surface area contributed by atoms with E-state index in [-0.39, 0.29) is 12.6 Å². The Morgan fingerprint density at radius 3 is 2.83 bits per heavy atom. The Hall–Kier alpha value is -0.0800. The van der Waals surface area contributed by atoms with E-state index >= 15 is 0 Å². The van der Waals surface area contributed by atoms with Crippen molar-refractivity contribution in [1.82, 2.24) is 0 Å². The maximum Gasteiger partial charge on any atom is 0.0585 e. The van der Waals surface area contributed by atoms with Crippen molar-refractivity contribution in [2.75, 3.05) is 6.61 Å². The van der Waals surface area contributed by atoms with Gasteiger partial charge in [-0.1, -0.05) is 26.2 Å². The minimum Gasteiger partial charge on any atom is -0.395 e. The van der Waals surface area contributed by atoms with Gasteiger partial charge in [0.1, 0.15) is 0 Å². The first-order valence-electron chi connectivity index (χ1n) is 5.14. The molecule has 3 atom stereocenters. The summed E-state index contributed by atoms with van der Waals surface area (Å²) in [6.45, 7) is 2.40. The minimum absolute atomic E-state index is 0.0272. The molecule has 0 heterocycles. The van der Waals surface area contributed by atoms with E-state index in [0.717, 1.165) is 5.92 Å². The van der Waals surface area contributed by atoms with E-state index in [1.54, 1.807) is 0 Å². The van der Waals surface area contributed by atoms with Crippen molar-refractivity contribution in [1.29, 1.82) is 0 Å². The molecule has 0 saturated heterocycles. The van der Waals surface area contributed by atoms with Crippen LogP contribution in [0.1, 0.15) is 39.0 Å². The highest BCUT2D eigenvalue weighted by Gasteiger charge is 2.24. The lowest BCUT2D eigenvalue weighted by Crippen LogP contribution is -2.36. The quantitative estimate of drug-likeness (QED) is 0.676. The third kappa shape index (κ3) is 2.46. The lowest BCUT2D eigenvalue weighted by atomic mass is 9.77. The molecule has 3 N–H and O–H groups in total. The Kier molecular flexibility index (Phi) is 4.02. The first kappa shape index (κ1) is 10.0. The highest BCUT2D eigenvalue weighted by atomic mass is 16.3. The first-order valence-corrected chi connectivity index (χ1v) is 5.14. The number of rotatable bonds is 3. The highest BCUT2D eigenvalue weighted by molar-refractivity contribution is 4.79. The molecule has 0 aliphatic heterocycles. The van der Waals surface area contributed by atoms with Crippen LogP contribution in [-0.4, -0.2) is 17.8 Å². The molecule has 0 aromatic carbocycles. The topological polar surface area (TPSA) is 46.2 Å². The van der Waals surface area contributed by atoms with Gasteiger partial charge < -0.3 is 10.8 Å². The molecule has 2 nitrogen and oxygen atoms in total. The average Bonchev–Trinajstić information content (AvgIpc) is 2.17. The molecule has 0 bridgehead atoms. The standard InChI is InChI=1S/C10H21NO/c1-2-8-4-3-5-9(6-8)10(11)7-12/h8-10,12H,2-7,11H2,1H3. The molecule has 0 spiro atoms. The molecule has 3 unspecified atom stereocenters. The van der Waals surface area contributed by atoms with E-state index in [4.69, 9.17) is 10.8 Å². The Morgan fingerprint density at radius 2 is 2.25 bits per heavy atom. The molecule has 0 aromatic rings. The molecule has 0 radical (unpaired) electrons. The number of hydrogen-bond donors (Lipinski definition) is 2. The van der Waals surface area contributed by atoms with Crippen LogP contribution in [0.4, 0.5) is 0 Å². The molecule has 0 aromatic heterocycles. The molecule has 2 heteroatoms. The summed E-state index contributed by atoms with van der Waals surface area (Å²) >= 11 is 0. The first-order chi connectivity index (χ1) is 5.77. The van der Waals surface area contributed by atoms with E-state index in [0.29, 0.717) is 5.92 Å². The SMILES string of the molecule is CCC1CCCC(C(N)CO)C1. The van der Waals surface area contributed by atoms with E-state index in [2.05, 4.69) is 6.92 Å². The third-order valence-corrected chi connectivity index (χ3v) is 3.22. The predicted octanol–water partition coefficient (Wildman–Crippen LogP) is 1.52. The summed E-state index contributed by atoms with van der Waals surface area (Å²) in [6, 6.07) is 0.0272. The summed E-state index contributed by atoms with van der Waals surface area (Å²) in [5.41, 5.74) is 5.81. The Morgan fingerprint density at radius 1 is 1.50 bits per heavy atom. The van der Waals surface area contributed by atoms with Crippen molar-refractivity contribution < 1.29 is 5.11 Å². The van der Waals surface area contributed by atoms with Crippen LogP contribution in [0.3, 0.4) is 0 Å². The van der Waals surface area contributed by atoms with Crippen LogP contribution in [0, 0.1) is 11.8 Å². The zero-order chi connectivity index (χ0) is 8.97. The van der Waals surface area contributed by atoms with Gasteiger partial charge in [0.2, 0.25) is 0 Å². The van der Waals surface area contributed by atoms with Gasteiger partial charge >= 0.3 is 0 Å². The molecule has 1 saturated carbocycles. The maximum absolute atomic E-state index is 8.92. The molecule has 1 aliphatic rings. The summed E-state index contributed by atoms with van der Waals surface area (Å²) in [7, 11) is 0. The van der Waals surface area contributed by atoms with Gasteiger partial charge in [-0.2, -0.15) is 0 Å². The minimum atomic E-state index is 0.0272. The second kappa shape index (κ2) is 4.83. The maximum atomic E-state index is 8.92. The second-order valence-electron chi connectivity index (χ2n) is 4.05. The van der Waals surface area contributed by atoms with Gasteiger partial charge in [0.05, 0.1) is 6.61 Å². The Labute approximate surface area is 75.2 Å². The van der Waals surface area contributed by atoms with Gasteiger partial charge in [0.25, 0.3) is 0 Å². The van der Waals surface area contributed by atoms with Crippen LogP contribution in [0.25, 0.3) is 0 Å². The molecule has 12 heavy (non-hydrogen) atoms. The molecular formula is C10H21NO. The summed E-state index contributed by atoms with van der Waals surface area (Å²) in [6.07, 6.45) is 6.40. The zero-order valence-corrected chi connectivity index (χ0v) is 8.00. The fourth-order valence-corrected chi connectivity index (χ4v) is 2.24. The van der Waals surface area contributed by atoms with Crippen molar-refractivity contribution in [2.45, 2.75) is 45.1 Å². The van der Waals surface area contributed by atoms with Crippen LogP contribution in [0.15, 0.2) is 0 Å². The van der Waals surface area contributed by atoms with Gasteiger partial charge in [0, 0.05) is 6.04 Å². The number of nitrogens with two attached hydrogens (primary N) is 1. The summed E-state index contributed by atoms with van der Waals surface area (Å²) < 4.78 is 0. The fraction of sp³-hybridized carbons (Fsp3) is 1.00.